The number of terminal acetylenes is 1. The summed E-state index contributed by atoms with van der Waals surface area (Å²) in [5.74, 6) is 2.29. The highest BCUT2D eigenvalue weighted by Gasteiger charge is 2.40. The van der Waals surface area contributed by atoms with Crippen LogP contribution in [0.15, 0.2) is 0 Å². The maximum atomic E-state index is 12.1. The predicted octanol–water partition coefficient (Wildman–Crippen LogP) is 1.22. The smallest absolute Gasteiger partial charge is 0.241 e. The lowest BCUT2D eigenvalue weighted by atomic mass is 9.80. The van der Waals surface area contributed by atoms with Gasteiger partial charge in [0, 0.05) is 13.2 Å². The van der Waals surface area contributed by atoms with Crippen LogP contribution in [0.4, 0.5) is 0 Å². The zero-order chi connectivity index (χ0) is 12.7. The summed E-state index contributed by atoms with van der Waals surface area (Å²) in [6.07, 6.45) is 7.87. The van der Waals surface area contributed by atoms with E-state index in [1.54, 1.807) is 0 Å². The van der Waals surface area contributed by atoms with E-state index in [1.807, 2.05) is 6.92 Å². The molecule has 0 bridgehead atoms. The number of carbonyl (C=O) groups excluding carboxylic acids is 1. The van der Waals surface area contributed by atoms with E-state index in [2.05, 4.69) is 17.3 Å². The van der Waals surface area contributed by atoms with Crippen LogP contribution in [0.2, 0.25) is 0 Å². The van der Waals surface area contributed by atoms with Crippen LogP contribution in [0.5, 0.6) is 0 Å². The minimum Gasteiger partial charge on any atom is -0.381 e. The van der Waals surface area contributed by atoms with Crippen LogP contribution < -0.4 is 5.32 Å². The number of nitrogens with one attached hydrogen (secondary N) is 1. The number of rotatable bonds is 4. The fraction of sp³-hybridized carbons (Fsp3) is 0.692. The van der Waals surface area contributed by atoms with Crippen molar-refractivity contribution < 1.29 is 9.53 Å². The van der Waals surface area contributed by atoms with E-state index in [0.29, 0.717) is 26.1 Å². The molecule has 1 heterocycles. The number of nitrogens with zero attached hydrogens (tertiary/aromatic N) is 1. The Morgan fingerprint density at radius 2 is 2.24 bits per heavy atom. The molecule has 4 nitrogen and oxygen atoms in total. The first-order chi connectivity index (χ1) is 8.18. The molecule has 0 aromatic rings. The Hall–Kier alpha value is -1.52. The van der Waals surface area contributed by atoms with Gasteiger partial charge in [0.05, 0.1) is 12.1 Å². The van der Waals surface area contributed by atoms with Gasteiger partial charge in [-0.15, -0.1) is 6.42 Å². The normalized spacial score (nSPS) is 19.7. The van der Waals surface area contributed by atoms with E-state index in [0.717, 1.165) is 12.8 Å². The van der Waals surface area contributed by atoms with Crippen LogP contribution in [0.25, 0.3) is 0 Å². The molecule has 4 heteroatoms. The molecule has 1 fully saturated rings. The van der Waals surface area contributed by atoms with Gasteiger partial charge in [-0.25, -0.2) is 0 Å². The molecule has 1 unspecified atom stereocenters. The first-order valence-corrected chi connectivity index (χ1v) is 5.94. The summed E-state index contributed by atoms with van der Waals surface area (Å²) < 4.78 is 5.18. The third kappa shape index (κ3) is 3.22. The molecule has 1 aliphatic rings. The molecule has 0 aromatic heterocycles. The molecular formula is C13H18N2O2. The van der Waals surface area contributed by atoms with Gasteiger partial charge in [0.1, 0.15) is 5.41 Å². The standard InChI is InChI=1S/C13H18N2O2/c1-3-5-11(4-2)15-12(16)13(10-14)6-8-17-9-7-13/h2,11H,3,5-9H2,1H3,(H,15,16). The Labute approximate surface area is 102 Å². The third-order valence-electron chi connectivity index (χ3n) is 3.08. The molecule has 0 aromatic carbocycles. The molecule has 0 saturated carbocycles. The van der Waals surface area contributed by atoms with Gasteiger partial charge >= 0.3 is 0 Å². The van der Waals surface area contributed by atoms with Crippen molar-refractivity contribution in [2.75, 3.05) is 13.2 Å². The molecule has 0 spiro atoms. The van der Waals surface area contributed by atoms with Crippen molar-refractivity contribution in [2.45, 2.75) is 38.6 Å². The lowest BCUT2D eigenvalue weighted by molar-refractivity contribution is -0.132. The van der Waals surface area contributed by atoms with E-state index in [1.165, 1.54) is 0 Å². The SMILES string of the molecule is C#CC(CCC)NC(=O)C1(C#N)CCOCC1. The van der Waals surface area contributed by atoms with Gasteiger partial charge in [-0.1, -0.05) is 19.3 Å². The molecule has 1 aliphatic heterocycles. The number of amides is 1. The average Bonchev–Trinajstić information content (AvgIpc) is 2.38. The van der Waals surface area contributed by atoms with E-state index < -0.39 is 5.41 Å². The van der Waals surface area contributed by atoms with E-state index in [4.69, 9.17) is 11.2 Å². The highest BCUT2D eigenvalue weighted by Crippen LogP contribution is 2.30. The Morgan fingerprint density at radius 1 is 1.59 bits per heavy atom. The quantitative estimate of drug-likeness (QED) is 0.744. The highest BCUT2D eigenvalue weighted by molar-refractivity contribution is 5.86. The van der Waals surface area contributed by atoms with Gasteiger partial charge in [0.25, 0.3) is 0 Å². The van der Waals surface area contributed by atoms with Crippen LogP contribution in [-0.2, 0) is 9.53 Å². The average molecular weight is 234 g/mol. The van der Waals surface area contributed by atoms with Gasteiger partial charge < -0.3 is 10.1 Å². The zero-order valence-electron chi connectivity index (χ0n) is 10.2. The van der Waals surface area contributed by atoms with E-state index >= 15 is 0 Å². The first-order valence-electron chi connectivity index (χ1n) is 5.94. The largest absolute Gasteiger partial charge is 0.381 e. The second-order valence-corrected chi connectivity index (χ2v) is 4.29. The van der Waals surface area contributed by atoms with Gasteiger partial charge in [0.15, 0.2) is 0 Å². The zero-order valence-corrected chi connectivity index (χ0v) is 10.2. The number of hydrogen-bond acceptors (Lipinski definition) is 3. The molecule has 1 N–H and O–H groups in total. The van der Waals surface area contributed by atoms with E-state index in [9.17, 15) is 10.1 Å². The van der Waals surface area contributed by atoms with Crippen LogP contribution in [0.1, 0.15) is 32.6 Å². The summed E-state index contributed by atoms with van der Waals surface area (Å²) in [4.78, 5) is 12.1. The van der Waals surface area contributed by atoms with Crippen LogP contribution in [0.3, 0.4) is 0 Å². The minimum atomic E-state index is -0.957. The fourth-order valence-electron chi connectivity index (χ4n) is 1.89. The summed E-state index contributed by atoms with van der Waals surface area (Å²) >= 11 is 0. The maximum absolute atomic E-state index is 12.1. The van der Waals surface area contributed by atoms with Crippen LogP contribution in [0, 0.1) is 29.1 Å². The Bertz CT molecular complexity index is 345. The topological polar surface area (TPSA) is 62.1 Å². The van der Waals surface area contributed by atoms with Crippen molar-refractivity contribution in [2.24, 2.45) is 5.41 Å². The number of carbonyl (C=O) groups is 1. The molecule has 1 atom stereocenters. The van der Waals surface area contributed by atoms with Crippen molar-refractivity contribution in [3.05, 3.63) is 0 Å². The number of hydrogen-bond donors (Lipinski definition) is 1. The van der Waals surface area contributed by atoms with Gasteiger partial charge in [-0.2, -0.15) is 5.26 Å². The second-order valence-electron chi connectivity index (χ2n) is 4.29. The highest BCUT2D eigenvalue weighted by atomic mass is 16.5. The Kier molecular flexibility index (Phi) is 5.00. The molecule has 1 rings (SSSR count). The molecule has 17 heavy (non-hydrogen) atoms. The van der Waals surface area contributed by atoms with Crippen molar-refractivity contribution in [3.63, 3.8) is 0 Å². The van der Waals surface area contributed by atoms with Crippen LogP contribution in [-0.4, -0.2) is 25.2 Å². The molecule has 1 amide bonds. The monoisotopic (exact) mass is 234 g/mol. The molecule has 1 saturated heterocycles. The van der Waals surface area contributed by atoms with E-state index in [-0.39, 0.29) is 11.9 Å². The Balaban J connectivity index is 2.67. The van der Waals surface area contributed by atoms with Crippen molar-refractivity contribution >= 4 is 5.91 Å². The van der Waals surface area contributed by atoms with Crippen molar-refractivity contribution in [1.29, 1.82) is 5.26 Å². The lowest BCUT2D eigenvalue weighted by Gasteiger charge is -2.30. The number of ether oxygens (including phenoxy) is 1. The Morgan fingerprint density at radius 3 is 2.71 bits per heavy atom. The lowest BCUT2D eigenvalue weighted by Crippen LogP contribution is -2.47. The minimum absolute atomic E-state index is 0.250. The molecule has 92 valence electrons. The molecular weight excluding hydrogens is 216 g/mol. The van der Waals surface area contributed by atoms with Gasteiger partial charge in [0.2, 0.25) is 5.91 Å². The van der Waals surface area contributed by atoms with Crippen LogP contribution >= 0.6 is 0 Å². The molecule has 0 aliphatic carbocycles. The number of nitriles is 1. The maximum Gasteiger partial charge on any atom is 0.241 e. The van der Waals surface area contributed by atoms with Gasteiger partial charge in [-0.3, -0.25) is 4.79 Å². The fourth-order valence-corrected chi connectivity index (χ4v) is 1.89. The van der Waals surface area contributed by atoms with Crippen molar-refractivity contribution in [3.8, 4) is 18.4 Å². The summed E-state index contributed by atoms with van der Waals surface area (Å²) in [6, 6.07) is 1.85. The summed E-state index contributed by atoms with van der Waals surface area (Å²) in [7, 11) is 0. The summed E-state index contributed by atoms with van der Waals surface area (Å²) in [5, 5.41) is 12.0. The predicted molar refractivity (Wildman–Crippen MR) is 63.8 cm³/mol. The van der Waals surface area contributed by atoms with Crippen molar-refractivity contribution in [1.82, 2.24) is 5.32 Å². The summed E-state index contributed by atoms with van der Waals surface area (Å²) in [5.41, 5.74) is -0.957. The van der Waals surface area contributed by atoms with Gasteiger partial charge in [-0.05, 0) is 19.3 Å². The molecule has 0 radical (unpaired) electrons. The first kappa shape index (κ1) is 13.5. The summed E-state index contributed by atoms with van der Waals surface area (Å²) in [6.45, 7) is 2.91. The third-order valence-corrected chi connectivity index (χ3v) is 3.08. The second kappa shape index (κ2) is 6.27.